The Labute approximate surface area is 269 Å². The van der Waals surface area contributed by atoms with Crippen molar-refractivity contribution < 1.29 is 74.9 Å². The second-order valence-electron chi connectivity index (χ2n) is 11.2. The molecule has 0 aromatic carbocycles. The van der Waals surface area contributed by atoms with Gasteiger partial charge in [-0.15, -0.1) is 0 Å². The predicted octanol–water partition coefficient (Wildman–Crippen LogP) is -4.41. The van der Waals surface area contributed by atoms with Gasteiger partial charge in [-0.3, -0.25) is 14.4 Å². The van der Waals surface area contributed by atoms with Crippen molar-refractivity contribution >= 4 is 17.6 Å². The molecule has 0 fully saturated rings. The number of aliphatic hydroxyl groups is 10. The van der Waals surface area contributed by atoms with Crippen molar-refractivity contribution in [1.29, 1.82) is 0 Å². The highest BCUT2D eigenvalue weighted by Gasteiger charge is 2.31. The lowest BCUT2D eigenvalue weighted by molar-refractivity contribution is -0.129. The molecule has 0 rings (SSSR count). The molecule has 0 bridgehead atoms. The van der Waals surface area contributed by atoms with Crippen molar-refractivity contribution in [3.63, 3.8) is 0 Å². The number of hydrogen-bond donors (Lipinski definition) is 12. The van der Waals surface area contributed by atoms with Crippen molar-refractivity contribution in [3.8, 4) is 0 Å². The lowest BCUT2D eigenvalue weighted by atomic mass is 10.0. The summed E-state index contributed by atoms with van der Waals surface area (Å²) in [6.45, 7) is -0.0425. The minimum absolute atomic E-state index is 0.140. The van der Waals surface area contributed by atoms with Crippen LogP contribution in [0, 0.1) is 0 Å². The first-order chi connectivity index (χ1) is 21.8. The molecule has 272 valence electrons. The molecule has 0 aliphatic rings. The Hall–Kier alpha value is -1.87. The van der Waals surface area contributed by atoms with Crippen LogP contribution in [0.1, 0.15) is 64.7 Å². The number of carbonyl (C=O) groups excluding carboxylic acids is 3. The minimum atomic E-state index is -1.74. The van der Waals surface area contributed by atoms with Gasteiger partial charge in [0.05, 0.1) is 32.5 Å². The van der Waals surface area contributed by atoms with Crippen LogP contribution in [0.5, 0.6) is 0 Å². The summed E-state index contributed by atoms with van der Waals surface area (Å²) in [5, 5.41) is 99.8. The van der Waals surface area contributed by atoms with Gasteiger partial charge in [0.15, 0.2) is 5.78 Å². The summed E-state index contributed by atoms with van der Waals surface area (Å²) < 4.78 is 10.4. The first kappa shape index (κ1) is 44.1. The van der Waals surface area contributed by atoms with Crippen molar-refractivity contribution in [2.45, 2.75) is 120 Å². The molecule has 0 aliphatic carbocycles. The topological polar surface area (TPSA) is 296 Å². The van der Waals surface area contributed by atoms with Gasteiger partial charge in [-0.1, -0.05) is 0 Å². The fraction of sp³-hybridized carbons (Fsp3) is 0.897. The van der Waals surface area contributed by atoms with E-state index < -0.39 is 68.1 Å². The lowest BCUT2D eigenvalue weighted by Gasteiger charge is -2.25. The quantitative estimate of drug-likeness (QED) is 0.0334. The van der Waals surface area contributed by atoms with Crippen LogP contribution >= 0.6 is 0 Å². The van der Waals surface area contributed by atoms with E-state index in [2.05, 4.69) is 10.6 Å². The number of carbonyl (C=O) groups is 3. The summed E-state index contributed by atoms with van der Waals surface area (Å²) in [6, 6.07) is -0.653. The Morgan fingerprint density at radius 1 is 0.587 bits per heavy atom. The Balaban J connectivity index is 3.98. The van der Waals surface area contributed by atoms with E-state index in [-0.39, 0.29) is 56.9 Å². The highest BCUT2D eigenvalue weighted by Crippen LogP contribution is 2.08. The molecule has 17 heteroatoms. The Morgan fingerprint density at radius 2 is 1.02 bits per heavy atom. The van der Waals surface area contributed by atoms with E-state index in [4.69, 9.17) is 19.7 Å². The average molecular weight is 673 g/mol. The average Bonchev–Trinajstić information content (AvgIpc) is 3.04. The van der Waals surface area contributed by atoms with Crippen LogP contribution in [0.3, 0.4) is 0 Å². The van der Waals surface area contributed by atoms with E-state index in [1.165, 1.54) is 6.92 Å². The van der Waals surface area contributed by atoms with Crippen LogP contribution in [-0.2, 0) is 23.9 Å². The van der Waals surface area contributed by atoms with Crippen LogP contribution in [0.2, 0.25) is 0 Å². The zero-order valence-electron chi connectivity index (χ0n) is 26.5. The number of ketones is 1. The van der Waals surface area contributed by atoms with E-state index in [1.54, 1.807) is 0 Å². The number of aliphatic hydroxyl groups excluding tert-OH is 10. The maximum absolute atomic E-state index is 12.3. The maximum Gasteiger partial charge on any atom is 0.220 e. The molecule has 0 heterocycles. The molecule has 0 saturated heterocycles. The summed E-state index contributed by atoms with van der Waals surface area (Å²) in [5.41, 5.74) is 0. The van der Waals surface area contributed by atoms with Crippen LogP contribution in [0.15, 0.2) is 0 Å². The van der Waals surface area contributed by atoms with Gasteiger partial charge in [0.25, 0.3) is 0 Å². The Morgan fingerprint density at radius 3 is 1.46 bits per heavy atom. The van der Waals surface area contributed by atoms with Crippen LogP contribution in [-0.4, -0.2) is 170 Å². The van der Waals surface area contributed by atoms with E-state index in [0.29, 0.717) is 51.5 Å². The second kappa shape index (κ2) is 26.1. The van der Waals surface area contributed by atoms with Gasteiger partial charge >= 0.3 is 0 Å². The molecule has 46 heavy (non-hydrogen) atoms. The molecule has 0 radical (unpaired) electrons. The number of hydrogen-bond acceptors (Lipinski definition) is 15. The molecule has 0 aromatic heterocycles. The molecular weight excluding hydrogens is 616 g/mol. The molecule has 9 atom stereocenters. The zero-order valence-corrected chi connectivity index (χ0v) is 26.5. The summed E-state index contributed by atoms with van der Waals surface area (Å²) in [5.74, 6) is -0.663. The maximum atomic E-state index is 12.3. The zero-order chi connectivity index (χ0) is 35.1. The van der Waals surface area contributed by atoms with Crippen LogP contribution in [0.4, 0.5) is 0 Å². The first-order valence-corrected chi connectivity index (χ1v) is 15.6. The lowest BCUT2D eigenvalue weighted by Crippen LogP contribution is -2.47. The Kier molecular flexibility index (Phi) is 25.1. The molecule has 17 nitrogen and oxygen atoms in total. The van der Waals surface area contributed by atoms with Gasteiger partial charge in [0.2, 0.25) is 11.8 Å². The number of Topliss-reactive ketones (excluding diaryl/α,β-unsaturated/α-hetero) is 1. The molecule has 0 aromatic rings. The number of rotatable bonds is 29. The molecule has 0 saturated carbocycles. The third-order valence-corrected chi connectivity index (χ3v) is 7.18. The summed E-state index contributed by atoms with van der Waals surface area (Å²) in [6.07, 6.45) is -9.13. The fourth-order valence-corrected chi connectivity index (χ4v) is 4.14. The van der Waals surface area contributed by atoms with Crippen molar-refractivity contribution in [1.82, 2.24) is 10.6 Å². The third kappa shape index (κ3) is 19.7. The largest absolute Gasteiger partial charge is 0.394 e. The van der Waals surface area contributed by atoms with E-state index in [1.807, 2.05) is 0 Å². The van der Waals surface area contributed by atoms with Crippen molar-refractivity contribution in [3.05, 3.63) is 0 Å². The van der Waals surface area contributed by atoms with E-state index in [0.717, 1.165) is 0 Å². The minimum Gasteiger partial charge on any atom is -0.394 e. The van der Waals surface area contributed by atoms with Gasteiger partial charge in [0, 0.05) is 32.6 Å². The molecule has 12 N–H and O–H groups in total. The van der Waals surface area contributed by atoms with Crippen molar-refractivity contribution in [2.75, 3.05) is 46.2 Å². The van der Waals surface area contributed by atoms with Gasteiger partial charge < -0.3 is 71.2 Å². The SMILES string of the molecule is CC(=O)[C@H](CCCCNC(=O)CCCCOCC(O)C(O)C(O)C(O)CO)NC(=O)CCCCOCC(O)C(O)C(O)C(O)CO. The van der Waals surface area contributed by atoms with E-state index >= 15 is 0 Å². The summed E-state index contributed by atoms with van der Waals surface area (Å²) in [4.78, 5) is 36.2. The highest BCUT2D eigenvalue weighted by atomic mass is 16.5. The van der Waals surface area contributed by atoms with Gasteiger partial charge in [-0.2, -0.15) is 0 Å². The molecule has 2 amide bonds. The number of ether oxygens (including phenoxy) is 2. The van der Waals surface area contributed by atoms with Crippen molar-refractivity contribution in [2.24, 2.45) is 0 Å². The van der Waals surface area contributed by atoms with Gasteiger partial charge in [-0.25, -0.2) is 0 Å². The highest BCUT2D eigenvalue weighted by molar-refractivity contribution is 5.87. The van der Waals surface area contributed by atoms with Crippen LogP contribution in [0.25, 0.3) is 0 Å². The molecular formula is C29H56N2O15. The smallest absolute Gasteiger partial charge is 0.220 e. The molecule has 0 spiro atoms. The second-order valence-corrected chi connectivity index (χ2v) is 11.2. The summed E-state index contributed by atoms with van der Waals surface area (Å²) >= 11 is 0. The van der Waals surface area contributed by atoms with Crippen LogP contribution < -0.4 is 10.6 Å². The van der Waals surface area contributed by atoms with E-state index in [9.17, 15) is 55.2 Å². The fourth-order valence-electron chi connectivity index (χ4n) is 4.14. The summed E-state index contributed by atoms with van der Waals surface area (Å²) in [7, 11) is 0. The number of unbranched alkanes of at least 4 members (excludes halogenated alkanes) is 3. The monoisotopic (exact) mass is 672 g/mol. The molecule has 8 unspecified atom stereocenters. The normalized spacial score (nSPS) is 17.6. The first-order valence-electron chi connectivity index (χ1n) is 15.6. The number of amides is 2. The Bertz CT molecular complexity index is 824. The van der Waals surface area contributed by atoms with Gasteiger partial charge in [0.1, 0.15) is 48.8 Å². The predicted molar refractivity (Wildman–Crippen MR) is 161 cm³/mol. The molecule has 0 aliphatic heterocycles. The standard InChI is InChI=1S/C29H56N2O15/c1-18(34)19(31-25(40)10-4-7-13-46-17-23(38)29(44)27(42)21(36)15-33)8-2-5-11-30-24(39)9-3-6-12-45-16-22(37)28(43)26(41)20(35)14-32/h19-23,26-29,32-33,35-38,41-44H,2-17H2,1H3,(H,30,39)(H,31,40)/t19-,20?,21?,22?,23?,26?,27?,28?,29?/m0/s1. The van der Waals surface area contributed by atoms with Gasteiger partial charge in [-0.05, 0) is 51.9 Å². The third-order valence-electron chi connectivity index (χ3n) is 7.18. The number of nitrogens with one attached hydrogen (secondary N) is 2.